The molecule has 0 atom stereocenters. The van der Waals surface area contributed by atoms with E-state index in [0.29, 0.717) is 5.89 Å². The van der Waals surface area contributed by atoms with Crippen molar-refractivity contribution in [1.29, 1.82) is 0 Å². The second-order valence-electron chi connectivity index (χ2n) is 3.72. The molecule has 0 aliphatic heterocycles. The zero-order valence-corrected chi connectivity index (χ0v) is 11.6. The van der Waals surface area contributed by atoms with Gasteiger partial charge in [-0.3, -0.25) is 0 Å². The lowest BCUT2D eigenvalue weighted by Crippen LogP contribution is -2.01. The van der Waals surface area contributed by atoms with E-state index in [9.17, 15) is 8.42 Å². The Balaban J connectivity index is 2.11. The molecule has 0 saturated carbocycles. The molecule has 0 N–H and O–H groups in total. The highest BCUT2D eigenvalue weighted by Gasteiger charge is 2.12. The Labute approximate surface area is 114 Å². The van der Waals surface area contributed by atoms with Gasteiger partial charge in [0.15, 0.2) is 0 Å². The van der Waals surface area contributed by atoms with Crippen LogP contribution in [0.25, 0.3) is 11.5 Å². The maximum absolute atomic E-state index is 10.8. The van der Waals surface area contributed by atoms with Gasteiger partial charge in [-0.1, -0.05) is 0 Å². The molecular weight excluding hydrogens is 292 g/mol. The second-order valence-corrected chi connectivity index (χ2v) is 6.62. The zero-order valence-electron chi connectivity index (χ0n) is 10.0. The normalized spacial score (nSPS) is 11.5. The Bertz CT molecular complexity index is 652. The summed E-state index contributed by atoms with van der Waals surface area (Å²) >= 11 is 0. The molecule has 0 amide bonds. The molecule has 1 heterocycles. The standard InChI is InChI=1S/C11H11ClN2O4S/c1-17-9-4-2-8(3-5-9)11-14-13-10(18-11)6-7-19(12,15)16/h2-5H,6-7H2,1H3. The number of aromatic nitrogens is 2. The van der Waals surface area contributed by atoms with Crippen molar-refractivity contribution in [2.24, 2.45) is 0 Å². The second kappa shape index (κ2) is 5.58. The molecular formula is C11H11ClN2O4S. The highest BCUT2D eigenvalue weighted by atomic mass is 35.7. The van der Waals surface area contributed by atoms with Crippen LogP contribution < -0.4 is 4.74 Å². The fraction of sp³-hybridized carbons (Fsp3) is 0.273. The predicted octanol–water partition coefficient (Wildman–Crippen LogP) is 1.86. The lowest BCUT2D eigenvalue weighted by atomic mass is 10.2. The smallest absolute Gasteiger partial charge is 0.247 e. The SMILES string of the molecule is COc1ccc(-c2nnc(CCS(=O)(=O)Cl)o2)cc1. The maximum Gasteiger partial charge on any atom is 0.247 e. The fourth-order valence-corrected chi connectivity index (χ4v) is 2.06. The van der Waals surface area contributed by atoms with Crippen LogP contribution in [-0.4, -0.2) is 31.5 Å². The summed E-state index contributed by atoms with van der Waals surface area (Å²) in [5.41, 5.74) is 0.730. The van der Waals surface area contributed by atoms with Crippen molar-refractivity contribution in [3.8, 4) is 17.2 Å². The highest BCUT2D eigenvalue weighted by molar-refractivity contribution is 8.13. The Kier molecular flexibility index (Phi) is 4.06. The van der Waals surface area contributed by atoms with E-state index in [2.05, 4.69) is 10.2 Å². The molecule has 0 bridgehead atoms. The van der Waals surface area contributed by atoms with Crippen LogP contribution in [0.5, 0.6) is 5.75 Å². The van der Waals surface area contributed by atoms with Crippen molar-refractivity contribution >= 4 is 19.7 Å². The van der Waals surface area contributed by atoms with Gasteiger partial charge in [0, 0.05) is 22.7 Å². The van der Waals surface area contributed by atoms with Crippen molar-refractivity contribution in [3.63, 3.8) is 0 Å². The quantitative estimate of drug-likeness (QED) is 0.784. The van der Waals surface area contributed by atoms with E-state index in [1.54, 1.807) is 31.4 Å². The topological polar surface area (TPSA) is 82.3 Å². The minimum atomic E-state index is -3.56. The molecule has 0 aliphatic rings. The third kappa shape index (κ3) is 3.93. The largest absolute Gasteiger partial charge is 0.497 e. The summed E-state index contributed by atoms with van der Waals surface area (Å²) in [5.74, 6) is 1.04. The Hall–Kier alpha value is -1.60. The van der Waals surface area contributed by atoms with Crippen molar-refractivity contribution in [3.05, 3.63) is 30.2 Å². The summed E-state index contributed by atoms with van der Waals surface area (Å²) in [6.07, 6.45) is 0.0923. The third-order valence-electron chi connectivity index (χ3n) is 2.36. The minimum absolute atomic E-state index is 0.0923. The van der Waals surface area contributed by atoms with Crippen LogP contribution in [0.3, 0.4) is 0 Å². The van der Waals surface area contributed by atoms with Crippen LogP contribution in [0.15, 0.2) is 28.7 Å². The number of benzene rings is 1. The summed E-state index contributed by atoms with van der Waals surface area (Å²) in [6.45, 7) is 0. The first-order valence-electron chi connectivity index (χ1n) is 5.37. The fourth-order valence-electron chi connectivity index (χ4n) is 1.41. The predicted molar refractivity (Wildman–Crippen MR) is 69.6 cm³/mol. The molecule has 6 nitrogen and oxygen atoms in total. The zero-order chi connectivity index (χ0) is 13.9. The van der Waals surface area contributed by atoms with E-state index in [4.69, 9.17) is 19.8 Å². The number of nitrogens with zero attached hydrogens (tertiary/aromatic N) is 2. The average Bonchev–Trinajstić information content (AvgIpc) is 2.84. The monoisotopic (exact) mass is 302 g/mol. The van der Waals surface area contributed by atoms with Gasteiger partial charge in [-0.2, -0.15) is 0 Å². The van der Waals surface area contributed by atoms with Crippen molar-refractivity contribution in [2.75, 3.05) is 12.9 Å². The van der Waals surface area contributed by atoms with Gasteiger partial charge in [-0.05, 0) is 24.3 Å². The van der Waals surface area contributed by atoms with E-state index >= 15 is 0 Å². The molecule has 0 unspecified atom stereocenters. The van der Waals surface area contributed by atoms with E-state index in [1.807, 2.05) is 0 Å². The molecule has 1 aromatic carbocycles. The number of methoxy groups -OCH3 is 1. The van der Waals surface area contributed by atoms with Crippen LogP contribution in [0.4, 0.5) is 0 Å². The molecule has 0 aliphatic carbocycles. The van der Waals surface area contributed by atoms with E-state index in [0.717, 1.165) is 11.3 Å². The number of rotatable bonds is 5. The molecule has 0 spiro atoms. The number of hydrogen-bond donors (Lipinski definition) is 0. The van der Waals surface area contributed by atoms with Crippen LogP contribution in [0.2, 0.25) is 0 Å². The summed E-state index contributed by atoms with van der Waals surface area (Å²) in [5, 5.41) is 7.61. The molecule has 1 aromatic heterocycles. The van der Waals surface area contributed by atoms with Gasteiger partial charge in [-0.15, -0.1) is 10.2 Å². The van der Waals surface area contributed by atoms with E-state index < -0.39 is 9.05 Å². The first-order valence-corrected chi connectivity index (χ1v) is 7.85. The van der Waals surface area contributed by atoms with Crippen molar-refractivity contribution < 1.29 is 17.6 Å². The lowest BCUT2D eigenvalue weighted by molar-refractivity contribution is 0.415. The van der Waals surface area contributed by atoms with Gasteiger partial charge in [0.05, 0.1) is 12.9 Å². The molecule has 0 radical (unpaired) electrons. The van der Waals surface area contributed by atoms with Crippen LogP contribution in [0, 0.1) is 0 Å². The first kappa shape index (κ1) is 13.8. The number of aryl methyl sites for hydroxylation is 1. The number of ether oxygens (including phenoxy) is 1. The molecule has 0 fully saturated rings. The molecule has 2 rings (SSSR count). The lowest BCUT2D eigenvalue weighted by Gasteiger charge is -1.99. The number of hydrogen-bond acceptors (Lipinski definition) is 6. The van der Waals surface area contributed by atoms with Crippen molar-refractivity contribution in [2.45, 2.75) is 6.42 Å². The average molecular weight is 303 g/mol. The van der Waals surface area contributed by atoms with Crippen LogP contribution >= 0.6 is 10.7 Å². The van der Waals surface area contributed by atoms with E-state index in [-0.39, 0.29) is 18.1 Å². The van der Waals surface area contributed by atoms with Crippen LogP contribution in [-0.2, 0) is 15.5 Å². The molecule has 0 saturated heterocycles. The van der Waals surface area contributed by atoms with Crippen LogP contribution in [0.1, 0.15) is 5.89 Å². The van der Waals surface area contributed by atoms with Gasteiger partial charge in [0.1, 0.15) is 5.75 Å². The molecule has 8 heteroatoms. The molecule has 19 heavy (non-hydrogen) atoms. The molecule has 2 aromatic rings. The summed E-state index contributed by atoms with van der Waals surface area (Å²) in [7, 11) is 3.13. The summed E-state index contributed by atoms with van der Waals surface area (Å²) in [6, 6.07) is 7.08. The third-order valence-corrected chi connectivity index (χ3v) is 3.52. The Morgan fingerprint density at radius 2 is 1.95 bits per heavy atom. The van der Waals surface area contributed by atoms with Gasteiger partial charge in [0.2, 0.25) is 20.8 Å². The molecule has 102 valence electrons. The highest BCUT2D eigenvalue weighted by Crippen LogP contribution is 2.21. The van der Waals surface area contributed by atoms with Gasteiger partial charge in [0.25, 0.3) is 0 Å². The summed E-state index contributed by atoms with van der Waals surface area (Å²) in [4.78, 5) is 0. The number of halogens is 1. The Morgan fingerprint density at radius 3 is 2.53 bits per heavy atom. The van der Waals surface area contributed by atoms with Gasteiger partial charge in [-0.25, -0.2) is 8.42 Å². The van der Waals surface area contributed by atoms with Crippen molar-refractivity contribution in [1.82, 2.24) is 10.2 Å². The van der Waals surface area contributed by atoms with Gasteiger partial charge >= 0.3 is 0 Å². The maximum atomic E-state index is 10.8. The minimum Gasteiger partial charge on any atom is -0.497 e. The summed E-state index contributed by atoms with van der Waals surface area (Å²) < 4.78 is 32.0. The Morgan fingerprint density at radius 1 is 1.26 bits per heavy atom. The van der Waals surface area contributed by atoms with E-state index in [1.165, 1.54) is 0 Å². The van der Waals surface area contributed by atoms with Gasteiger partial charge < -0.3 is 9.15 Å². The first-order chi connectivity index (χ1) is 8.98.